The van der Waals surface area contributed by atoms with Gasteiger partial charge in [0.05, 0.1) is 0 Å². The number of allylic oxidation sites excluding steroid dienone is 1. The molecule has 0 spiro atoms. The molecule has 0 rings (SSSR count). The first-order valence-electron chi connectivity index (χ1n) is 4.61. The number of primary amides is 2. The van der Waals surface area contributed by atoms with E-state index in [1.165, 1.54) is 6.08 Å². The van der Waals surface area contributed by atoms with Crippen molar-refractivity contribution in [3.05, 3.63) is 23.8 Å². The van der Waals surface area contributed by atoms with E-state index >= 15 is 0 Å². The molecule has 4 nitrogen and oxygen atoms in total. The molecule has 0 aliphatic heterocycles. The van der Waals surface area contributed by atoms with Crippen molar-refractivity contribution in [1.29, 1.82) is 0 Å². The van der Waals surface area contributed by atoms with Crippen LogP contribution in [0.2, 0.25) is 0 Å². The molecule has 0 unspecified atom stereocenters. The number of carbonyl (C=O) groups is 2. The van der Waals surface area contributed by atoms with Crippen LogP contribution in [0.15, 0.2) is 23.8 Å². The van der Waals surface area contributed by atoms with E-state index in [1.54, 1.807) is 0 Å². The first kappa shape index (κ1) is 15.9. The van der Waals surface area contributed by atoms with E-state index < -0.39 is 5.91 Å². The summed E-state index contributed by atoms with van der Waals surface area (Å²) < 4.78 is 0. The fraction of sp³-hybridized carbons (Fsp3) is 0.455. The standard InChI is InChI=1S/C6H11NO.C5H9NO/c1-4(2)5(3)6(7)8;1-4(2)3-5(6)7/h4H,3H2,1-2H3,(H2,7,8);3H,1-2H3,(H2,6,7). The minimum atomic E-state index is -0.403. The highest BCUT2D eigenvalue weighted by molar-refractivity contribution is 5.91. The van der Waals surface area contributed by atoms with E-state index in [0.29, 0.717) is 5.57 Å². The van der Waals surface area contributed by atoms with E-state index in [9.17, 15) is 9.59 Å². The fourth-order valence-electron chi connectivity index (χ4n) is 0.569. The highest BCUT2D eigenvalue weighted by atomic mass is 16.1. The fourth-order valence-corrected chi connectivity index (χ4v) is 0.569. The molecular formula is C11H20N2O2. The number of amides is 2. The molecule has 0 bridgehead atoms. The third kappa shape index (κ3) is 12.4. The summed E-state index contributed by atoms with van der Waals surface area (Å²) in [5.74, 6) is -0.604. The molecule has 0 heterocycles. The number of nitrogens with two attached hydrogens (primary N) is 2. The van der Waals surface area contributed by atoms with Gasteiger partial charge in [0.15, 0.2) is 0 Å². The topological polar surface area (TPSA) is 86.2 Å². The highest BCUT2D eigenvalue weighted by Crippen LogP contribution is 2.03. The monoisotopic (exact) mass is 212 g/mol. The lowest BCUT2D eigenvalue weighted by molar-refractivity contribution is -0.115. The maximum absolute atomic E-state index is 10.3. The van der Waals surface area contributed by atoms with Crippen LogP contribution in [0.1, 0.15) is 27.7 Å². The Balaban J connectivity index is 0. The summed E-state index contributed by atoms with van der Waals surface area (Å²) >= 11 is 0. The molecular weight excluding hydrogens is 192 g/mol. The Bertz CT molecular complexity index is 274. The van der Waals surface area contributed by atoms with E-state index in [1.807, 2.05) is 27.7 Å². The van der Waals surface area contributed by atoms with Crippen molar-refractivity contribution in [1.82, 2.24) is 0 Å². The second-order valence-electron chi connectivity index (χ2n) is 3.67. The summed E-state index contributed by atoms with van der Waals surface area (Å²) in [5, 5.41) is 0. The average molecular weight is 212 g/mol. The number of hydrogen-bond donors (Lipinski definition) is 2. The van der Waals surface area contributed by atoms with Gasteiger partial charge in [-0.05, 0) is 19.8 Å². The van der Waals surface area contributed by atoms with Gasteiger partial charge in [-0.1, -0.05) is 26.0 Å². The Morgan fingerprint density at radius 2 is 1.60 bits per heavy atom. The van der Waals surface area contributed by atoms with Crippen LogP contribution in [-0.4, -0.2) is 11.8 Å². The van der Waals surface area contributed by atoms with Gasteiger partial charge >= 0.3 is 0 Å². The Kier molecular flexibility index (Phi) is 8.24. The van der Waals surface area contributed by atoms with Crippen molar-refractivity contribution in [3.8, 4) is 0 Å². The molecule has 0 atom stereocenters. The van der Waals surface area contributed by atoms with Crippen LogP contribution >= 0.6 is 0 Å². The summed E-state index contributed by atoms with van der Waals surface area (Å²) in [6.07, 6.45) is 1.39. The number of carbonyl (C=O) groups excluding carboxylic acids is 2. The Hall–Kier alpha value is -1.58. The lowest BCUT2D eigenvalue weighted by Gasteiger charge is -2.01. The molecule has 4 heteroatoms. The predicted octanol–water partition coefficient (Wildman–Crippen LogP) is 1.12. The van der Waals surface area contributed by atoms with Crippen LogP contribution in [0.25, 0.3) is 0 Å². The SMILES string of the molecule is C=C(C(N)=O)C(C)C.CC(C)=CC(N)=O. The number of rotatable bonds is 3. The van der Waals surface area contributed by atoms with Gasteiger partial charge in [0, 0.05) is 11.6 Å². The minimum Gasteiger partial charge on any atom is -0.366 e. The van der Waals surface area contributed by atoms with Crippen molar-refractivity contribution in [2.45, 2.75) is 27.7 Å². The van der Waals surface area contributed by atoms with Crippen molar-refractivity contribution < 1.29 is 9.59 Å². The average Bonchev–Trinajstić information content (AvgIpc) is 2.00. The largest absolute Gasteiger partial charge is 0.366 e. The van der Waals surface area contributed by atoms with Crippen molar-refractivity contribution in [2.75, 3.05) is 0 Å². The highest BCUT2D eigenvalue weighted by Gasteiger charge is 2.03. The van der Waals surface area contributed by atoms with Gasteiger partial charge in [-0.3, -0.25) is 9.59 Å². The molecule has 86 valence electrons. The second-order valence-corrected chi connectivity index (χ2v) is 3.67. The van der Waals surface area contributed by atoms with Gasteiger partial charge in [0.2, 0.25) is 11.8 Å². The van der Waals surface area contributed by atoms with Crippen LogP contribution in [0.3, 0.4) is 0 Å². The molecule has 2 amide bonds. The van der Waals surface area contributed by atoms with E-state index in [4.69, 9.17) is 11.5 Å². The zero-order valence-electron chi connectivity index (χ0n) is 9.83. The molecule has 15 heavy (non-hydrogen) atoms. The zero-order chi connectivity index (χ0) is 12.6. The summed E-state index contributed by atoms with van der Waals surface area (Å²) in [7, 11) is 0. The lowest BCUT2D eigenvalue weighted by Crippen LogP contribution is -2.16. The molecule has 0 aromatic carbocycles. The quantitative estimate of drug-likeness (QED) is 0.687. The van der Waals surface area contributed by atoms with Gasteiger partial charge in [-0.15, -0.1) is 0 Å². The summed E-state index contributed by atoms with van der Waals surface area (Å²) in [5.41, 5.74) is 11.1. The van der Waals surface area contributed by atoms with Gasteiger partial charge in [-0.2, -0.15) is 0 Å². The van der Waals surface area contributed by atoms with E-state index in [0.717, 1.165) is 5.57 Å². The maximum Gasteiger partial charge on any atom is 0.244 e. The second kappa shape index (κ2) is 7.79. The first-order valence-corrected chi connectivity index (χ1v) is 4.61. The molecule has 0 saturated heterocycles. The van der Waals surface area contributed by atoms with Crippen molar-refractivity contribution >= 4 is 11.8 Å². The van der Waals surface area contributed by atoms with E-state index in [2.05, 4.69) is 6.58 Å². The molecule has 0 aliphatic carbocycles. The summed E-state index contributed by atoms with van der Waals surface area (Å²) in [4.78, 5) is 20.2. The molecule has 0 radical (unpaired) electrons. The van der Waals surface area contributed by atoms with Crippen LogP contribution in [0.5, 0.6) is 0 Å². The van der Waals surface area contributed by atoms with Crippen LogP contribution < -0.4 is 11.5 Å². The van der Waals surface area contributed by atoms with Crippen LogP contribution in [0.4, 0.5) is 0 Å². The number of hydrogen-bond acceptors (Lipinski definition) is 2. The van der Waals surface area contributed by atoms with Crippen LogP contribution in [0, 0.1) is 5.92 Å². The molecule has 4 N–H and O–H groups in total. The van der Waals surface area contributed by atoms with Gasteiger partial charge in [-0.25, -0.2) is 0 Å². The predicted molar refractivity (Wildman–Crippen MR) is 61.8 cm³/mol. The zero-order valence-corrected chi connectivity index (χ0v) is 9.83. The molecule has 0 saturated carbocycles. The normalized spacial score (nSPS) is 8.60. The van der Waals surface area contributed by atoms with Crippen LogP contribution in [-0.2, 0) is 9.59 Å². The van der Waals surface area contributed by atoms with E-state index in [-0.39, 0.29) is 11.8 Å². The third-order valence-electron chi connectivity index (χ3n) is 1.44. The van der Waals surface area contributed by atoms with Gasteiger partial charge in [0.1, 0.15) is 0 Å². The summed E-state index contributed by atoms with van der Waals surface area (Å²) in [6.45, 7) is 10.9. The summed E-state index contributed by atoms with van der Waals surface area (Å²) in [6, 6.07) is 0. The van der Waals surface area contributed by atoms with Crippen molar-refractivity contribution in [2.24, 2.45) is 17.4 Å². The van der Waals surface area contributed by atoms with Gasteiger partial charge < -0.3 is 11.5 Å². The maximum atomic E-state index is 10.3. The Labute approximate surface area is 91.0 Å². The smallest absolute Gasteiger partial charge is 0.244 e. The first-order chi connectivity index (χ1) is 6.68. The molecule has 0 aliphatic rings. The Morgan fingerprint density at radius 1 is 1.20 bits per heavy atom. The Morgan fingerprint density at radius 3 is 1.60 bits per heavy atom. The molecule has 0 aromatic heterocycles. The molecule has 0 aromatic rings. The lowest BCUT2D eigenvalue weighted by atomic mass is 10.1. The third-order valence-corrected chi connectivity index (χ3v) is 1.44. The minimum absolute atomic E-state index is 0.174. The van der Waals surface area contributed by atoms with Gasteiger partial charge in [0.25, 0.3) is 0 Å². The molecule has 0 fully saturated rings. The van der Waals surface area contributed by atoms with Crippen molar-refractivity contribution in [3.63, 3.8) is 0 Å².